The van der Waals surface area contributed by atoms with Gasteiger partial charge in [-0.05, 0) is 73.6 Å². The zero-order valence-corrected chi connectivity index (χ0v) is 22.7. The van der Waals surface area contributed by atoms with Gasteiger partial charge in [0.25, 0.3) is 0 Å². The number of halogens is 1. The van der Waals surface area contributed by atoms with Crippen LogP contribution in [0, 0.1) is 33.5 Å². The van der Waals surface area contributed by atoms with Crippen molar-refractivity contribution in [2.24, 2.45) is 33.5 Å². The van der Waals surface area contributed by atoms with Crippen molar-refractivity contribution in [3.8, 4) is 5.75 Å². The highest BCUT2D eigenvalue weighted by Gasteiger charge is 2.81. The predicted molar refractivity (Wildman–Crippen MR) is 142 cm³/mol. The molecule has 0 aromatic heterocycles. The molecule has 1 aromatic carbocycles. The van der Waals surface area contributed by atoms with Gasteiger partial charge >= 0.3 is 0 Å². The zero-order valence-electron chi connectivity index (χ0n) is 22.7. The molecule has 8 unspecified atom stereocenters. The highest BCUT2D eigenvalue weighted by molar-refractivity contribution is 6.01. The maximum atomic E-state index is 17.7. The quantitative estimate of drug-likeness (QED) is 0.619. The summed E-state index contributed by atoms with van der Waals surface area (Å²) in [6, 6.07) is 7.75. The van der Waals surface area contributed by atoms with Crippen molar-refractivity contribution in [2.45, 2.75) is 58.2 Å². The monoisotopic (exact) mass is 523 g/mol. The Morgan fingerprint density at radius 3 is 2.71 bits per heavy atom. The first-order chi connectivity index (χ1) is 17.9. The van der Waals surface area contributed by atoms with Gasteiger partial charge in [-0.1, -0.05) is 31.6 Å². The summed E-state index contributed by atoms with van der Waals surface area (Å²) in [7, 11) is 1.62. The maximum Gasteiger partial charge on any atom is 0.178 e. The molecule has 7 heteroatoms. The number of ether oxygens (including phenoxy) is 1. The van der Waals surface area contributed by atoms with E-state index in [0.29, 0.717) is 32.4 Å². The lowest BCUT2D eigenvalue weighted by Crippen LogP contribution is -2.71. The van der Waals surface area contributed by atoms with Crippen molar-refractivity contribution in [1.29, 1.82) is 0 Å². The Hall–Kier alpha value is -2.51. The van der Waals surface area contributed by atoms with Crippen LogP contribution in [0.25, 0.3) is 0 Å². The smallest absolute Gasteiger partial charge is 0.178 e. The SMILES string of the molecule is COc1cccc(N2CC3CC4(C)C5CCC6=CC(=O)C=CC6(C)C5(F)C(O)CC4(C)C3(C(=O)CO)C2)c1. The topological polar surface area (TPSA) is 87.1 Å². The van der Waals surface area contributed by atoms with Crippen LogP contribution in [-0.4, -0.2) is 60.4 Å². The van der Waals surface area contributed by atoms with Crippen LogP contribution in [0.5, 0.6) is 5.75 Å². The van der Waals surface area contributed by atoms with Gasteiger partial charge in [0.2, 0.25) is 0 Å². The van der Waals surface area contributed by atoms with E-state index in [-0.39, 0.29) is 23.9 Å². The Morgan fingerprint density at radius 1 is 1.24 bits per heavy atom. The number of carbonyl (C=O) groups excluding carboxylic acids is 2. The van der Waals surface area contributed by atoms with Crippen molar-refractivity contribution < 1.29 is 28.9 Å². The number of anilines is 1. The number of allylic oxidation sites excluding steroid dienone is 4. The Labute approximate surface area is 223 Å². The summed E-state index contributed by atoms with van der Waals surface area (Å²) in [5.74, 6) is -0.217. The number of aliphatic hydroxyl groups excluding tert-OH is 2. The van der Waals surface area contributed by atoms with Gasteiger partial charge in [-0.25, -0.2) is 4.39 Å². The number of Topliss-reactive ketones (excluding diaryl/α,β-unsaturated/α-hetero) is 1. The molecular weight excluding hydrogens is 485 g/mol. The summed E-state index contributed by atoms with van der Waals surface area (Å²) < 4.78 is 23.1. The lowest BCUT2D eigenvalue weighted by atomic mass is 9.38. The van der Waals surface area contributed by atoms with E-state index >= 15 is 4.39 Å². The van der Waals surface area contributed by atoms with Gasteiger partial charge in [-0.15, -0.1) is 0 Å². The summed E-state index contributed by atoms with van der Waals surface area (Å²) in [5, 5.41) is 22.0. The lowest BCUT2D eigenvalue weighted by Gasteiger charge is -2.67. The minimum absolute atomic E-state index is 0.0916. The third-order valence-corrected chi connectivity index (χ3v) is 12.0. The number of alkyl halides is 1. The minimum Gasteiger partial charge on any atom is -0.497 e. The molecule has 38 heavy (non-hydrogen) atoms. The van der Waals surface area contributed by atoms with Crippen LogP contribution < -0.4 is 9.64 Å². The fourth-order valence-corrected chi connectivity index (χ4v) is 9.94. The molecule has 0 amide bonds. The van der Waals surface area contributed by atoms with Crippen LogP contribution >= 0.6 is 0 Å². The van der Waals surface area contributed by atoms with E-state index < -0.39 is 46.0 Å². The first-order valence-electron chi connectivity index (χ1n) is 13.8. The van der Waals surface area contributed by atoms with Gasteiger partial charge in [0.1, 0.15) is 12.4 Å². The molecule has 8 atom stereocenters. The van der Waals surface area contributed by atoms with Crippen LogP contribution in [0.15, 0.2) is 48.1 Å². The number of methoxy groups -OCH3 is 1. The predicted octanol–water partition coefficient (Wildman–Crippen LogP) is 4.05. The number of carbonyl (C=O) groups is 2. The molecule has 1 aromatic rings. The third-order valence-electron chi connectivity index (χ3n) is 12.0. The van der Waals surface area contributed by atoms with E-state index in [2.05, 4.69) is 18.7 Å². The van der Waals surface area contributed by atoms with Crippen molar-refractivity contribution in [3.05, 3.63) is 48.1 Å². The number of benzene rings is 1. The Balaban J connectivity index is 1.46. The number of hydrogen-bond acceptors (Lipinski definition) is 6. The molecule has 4 fully saturated rings. The molecule has 1 saturated heterocycles. The molecule has 1 aliphatic heterocycles. The summed E-state index contributed by atoms with van der Waals surface area (Å²) in [4.78, 5) is 28.2. The second-order valence-electron chi connectivity index (χ2n) is 13.0. The van der Waals surface area contributed by atoms with Gasteiger partial charge in [-0.2, -0.15) is 0 Å². The van der Waals surface area contributed by atoms with E-state index in [1.807, 2.05) is 31.2 Å². The van der Waals surface area contributed by atoms with Crippen LogP contribution in [-0.2, 0) is 9.59 Å². The molecule has 3 saturated carbocycles. The molecule has 0 bridgehead atoms. The zero-order chi connectivity index (χ0) is 27.3. The van der Waals surface area contributed by atoms with E-state index in [1.165, 1.54) is 6.08 Å². The standard InChI is InChI=1S/C31H38FNO5/c1-27-11-10-22(35)12-19(27)8-9-24-28(2)14-20-16-33(21-6-5-7-23(13-21)38-4)18-30(20,26(37)17-34)29(28,3)15-25(36)31(24,27)32/h5-7,10-13,20,24-25,34,36H,8-9,14-18H2,1-4H3. The van der Waals surface area contributed by atoms with Gasteiger partial charge in [0.15, 0.2) is 17.2 Å². The third kappa shape index (κ3) is 2.79. The first kappa shape index (κ1) is 25.8. The number of rotatable bonds is 4. The summed E-state index contributed by atoms with van der Waals surface area (Å²) in [6.45, 7) is 6.44. The Bertz CT molecular complexity index is 1280. The second-order valence-corrected chi connectivity index (χ2v) is 13.0. The first-order valence-corrected chi connectivity index (χ1v) is 13.8. The van der Waals surface area contributed by atoms with Crippen LogP contribution in [0.4, 0.5) is 10.1 Å². The van der Waals surface area contributed by atoms with E-state index in [9.17, 15) is 19.8 Å². The van der Waals surface area contributed by atoms with E-state index in [4.69, 9.17) is 4.74 Å². The highest BCUT2D eigenvalue weighted by Crippen LogP contribution is 2.79. The molecule has 6 rings (SSSR count). The Morgan fingerprint density at radius 2 is 2.00 bits per heavy atom. The second kappa shape index (κ2) is 8.01. The molecule has 5 aliphatic rings. The van der Waals surface area contributed by atoms with Crippen LogP contribution in [0.1, 0.15) is 46.5 Å². The van der Waals surface area contributed by atoms with E-state index in [0.717, 1.165) is 17.0 Å². The van der Waals surface area contributed by atoms with Crippen LogP contribution in [0.2, 0.25) is 0 Å². The van der Waals surface area contributed by atoms with E-state index in [1.54, 1.807) is 19.3 Å². The minimum atomic E-state index is -1.96. The molecule has 4 aliphatic carbocycles. The molecule has 2 N–H and O–H groups in total. The van der Waals surface area contributed by atoms with Crippen LogP contribution in [0.3, 0.4) is 0 Å². The van der Waals surface area contributed by atoms with Gasteiger partial charge < -0.3 is 19.8 Å². The largest absolute Gasteiger partial charge is 0.497 e. The average Bonchev–Trinajstić information content (AvgIpc) is 3.36. The lowest BCUT2D eigenvalue weighted by molar-refractivity contribution is -0.235. The molecular formula is C31H38FNO5. The Kier molecular flexibility index (Phi) is 5.43. The number of ketones is 2. The fourth-order valence-electron chi connectivity index (χ4n) is 9.94. The summed E-state index contributed by atoms with van der Waals surface area (Å²) in [6.07, 6.45) is 5.19. The summed E-state index contributed by atoms with van der Waals surface area (Å²) in [5.41, 5.74) is -3.58. The summed E-state index contributed by atoms with van der Waals surface area (Å²) >= 11 is 0. The van der Waals surface area contributed by atoms with Gasteiger partial charge in [0.05, 0.1) is 18.6 Å². The number of aliphatic hydroxyl groups is 2. The molecule has 1 heterocycles. The van der Waals surface area contributed by atoms with Crippen molar-refractivity contribution in [1.82, 2.24) is 0 Å². The fraction of sp³-hybridized carbons (Fsp3) is 0.613. The average molecular weight is 524 g/mol. The normalized spacial score (nSPS) is 45.1. The van der Waals surface area contributed by atoms with Crippen molar-refractivity contribution in [3.63, 3.8) is 0 Å². The van der Waals surface area contributed by atoms with Gasteiger partial charge in [0, 0.05) is 36.2 Å². The molecule has 204 valence electrons. The molecule has 0 radical (unpaired) electrons. The number of hydrogen-bond donors (Lipinski definition) is 2. The molecule has 6 nitrogen and oxygen atoms in total. The molecule has 0 spiro atoms. The number of fused-ring (bicyclic) bond motifs is 7. The van der Waals surface area contributed by atoms with Crippen molar-refractivity contribution in [2.75, 3.05) is 31.7 Å². The maximum absolute atomic E-state index is 17.7. The van der Waals surface area contributed by atoms with Crippen molar-refractivity contribution >= 4 is 17.3 Å². The van der Waals surface area contributed by atoms with Gasteiger partial charge in [-0.3, -0.25) is 9.59 Å². The highest BCUT2D eigenvalue weighted by atomic mass is 19.1. The number of nitrogens with zero attached hydrogens (tertiary/aromatic N) is 1.